The molecule has 1 unspecified atom stereocenters. The monoisotopic (exact) mass is 318 g/mol. The lowest BCUT2D eigenvalue weighted by molar-refractivity contribution is -0.120. The molecule has 2 aromatic carbocycles. The number of nitrogens with one attached hydrogen (secondary N) is 1. The fraction of sp³-hybridized carbons (Fsp3) is 0.278. The van der Waals surface area contributed by atoms with E-state index in [0.29, 0.717) is 5.92 Å². The molecule has 118 valence electrons. The molecule has 4 heteroatoms. The highest BCUT2D eigenvalue weighted by molar-refractivity contribution is 5.98. The van der Waals surface area contributed by atoms with Crippen molar-refractivity contribution in [2.75, 3.05) is 5.32 Å². The molecule has 0 radical (unpaired) electrons. The van der Waals surface area contributed by atoms with Gasteiger partial charge < -0.3 is 11.1 Å². The number of rotatable bonds is 4. The Bertz CT molecular complexity index is 624. The number of carbonyl (C=O) groups is 1. The Morgan fingerprint density at radius 3 is 2.32 bits per heavy atom. The van der Waals surface area contributed by atoms with Crippen molar-refractivity contribution >= 4 is 24.0 Å². The van der Waals surface area contributed by atoms with Crippen molar-refractivity contribution in [2.45, 2.75) is 32.2 Å². The minimum atomic E-state index is -1.06. The van der Waals surface area contributed by atoms with Gasteiger partial charge in [0.1, 0.15) is 5.54 Å². The molecule has 0 saturated carbocycles. The lowest BCUT2D eigenvalue weighted by atomic mass is 9.92. The molecule has 0 aromatic heterocycles. The van der Waals surface area contributed by atoms with Crippen LogP contribution in [0.25, 0.3) is 0 Å². The van der Waals surface area contributed by atoms with Gasteiger partial charge in [-0.1, -0.05) is 56.3 Å². The Morgan fingerprint density at radius 2 is 1.73 bits per heavy atom. The average Bonchev–Trinajstić information content (AvgIpc) is 2.48. The van der Waals surface area contributed by atoms with Crippen LogP contribution in [0.5, 0.6) is 0 Å². The summed E-state index contributed by atoms with van der Waals surface area (Å²) in [6, 6.07) is 17.3. The van der Waals surface area contributed by atoms with Gasteiger partial charge in [0.2, 0.25) is 5.91 Å². The van der Waals surface area contributed by atoms with Crippen molar-refractivity contribution < 1.29 is 4.79 Å². The van der Waals surface area contributed by atoms with Gasteiger partial charge in [-0.15, -0.1) is 12.4 Å². The van der Waals surface area contributed by atoms with E-state index in [1.807, 2.05) is 48.5 Å². The summed E-state index contributed by atoms with van der Waals surface area (Å²) in [6.07, 6.45) is 0. The van der Waals surface area contributed by atoms with Gasteiger partial charge in [-0.05, 0) is 36.1 Å². The zero-order valence-corrected chi connectivity index (χ0v) is 14.0. The van der Waals surface area contributed by atoms with Crippen molar-refractivity contribution in [1.82, 2.24) is 0 Å². The lowest BCUT2D eigenvalue weighted by Gasteiger charge is -2.24. The minimum Gasteiger partial charge on any atom is -0.324 e. The normalized spacial score (nSPS) is 13.1. The standard InChI is InChI=1S/C18H22N2O.ClH/c1-13(2)14-8-7-11-16(12-14)20-17(21)18(3,19)15-9-5-4-6-10-15;/h4-13H,19H2,1-3H3,(H,20,21);1H. The SMILES string of the molecule is CC(C)c1cccc(NC(=O)C(C)(N)c2ccccc2)c1.Cl. The molecule has 3 N–H and O–H groups in total. The third-order valence-electron chi connectivity index (χ3n) is 3.66. The Hall–Kier alpha value is -1.84. The predicted molar refractivity (Wildman–Crippen MR) is 94.4 cm³/mol. The maximum atomic E-state index is 12.5. The molecule has 0 saturated heterocycles. The molecule has 1 amide bonds. The zero-order chi connectivity index (χ0) is 15.5. The summed E-state index contributed by atoms with van der Waals surface area (Å²) in [5, 5.41) is 2.91. The second kappa shape index (κ2) is 7.43. The summed E-state index contributed by atoms with van der Waals surface area (Å²) in [5.41, 5.74) is 7.91. The van der Waals surface area contributed by atoms with E-state index in [-0.39, 0.29) is 18.3 Å². The maximum absolute atomic E-state index is 12.5. The summed E-state index contributed by atoms with van der Waals surface area (Å²) < 4.78 is 0. The third kappa shape index (κ3) is 4.09. The summed E-state index contributed by atoms with van der Waals surface area (Å²) >= 11 is 0. The van der Waals surface area contributed by atoms with Gasteiger partial charge >= 0.3 is 0 Å². The maximum Gasteiger partial charge on any atom is 0.248 e. The summed E-state index contributed by atoms with van der Waals surface area (Å²) in [6.45, 7) is 5.97. The summed E-state index contributed by atoms with van der Waals surface area (Å²) in [5.74, 6) is 0.204. The number of carbonyl (C=O) groups excluding carboxylic acids is 1. The molecule has 0 bridgehead atoms. The summed E-state index contributed by atoms with van der Waals surface area (Å²) in [4.78, 5) is 12.5. The highest BCUT2D eigenvalue weighted by Crippen LogP contribution is 2.22. The van der Waals surface area contributed by atoms with Crippen LogP contribution in [0, 0.1) is 0 Å². The Morgan fingerprint density at radius 1 is 1.09 bits per heavy atom. The molecular weight excluding hydrogens is 296 g/mol. The Balaban J connectivity index is 0.00000242. The van der Waals surface area contributed by atoms with Crippen molar-refractivity contribution in [3.63, 3.8) is 0 Å². The van der Waals surface area contributed by atoms with Gasteiger partial charge in [0.25, 0.3) is 0 Å². The fourth-order valence-electron chi connectivity index (χ4n) is 2.15. The highest BCUT2D eigenvalue weighted by atomic mass is 35.5. The van der Waals surface area contributed by atoms with Crippen molar-refractivity contribution in [3.05, 3.63) is 65.7 Å². The van der Waals surface area contributed by atoms with Crippen LogP contribution in [-0.4, -0.2) is 5.91 Å². The van der Waals surface area contributed by atoms with Crippen LogP contribution in [0.3, 0.4) is 0 Å². The first kappa shape index (κ1) is 18.2. The van der Waals surface area contributed by atoms with E-state index < -0.39 is 5.54 Å². The van der Waals surface area contributed by atoms with Gasteiger partial charge in [0.05, 0.1) is 0 Å². The average molecular weight is 319 g/mol. The number of hydrogen-bond acceptors (Lipinski definition) is 2. The molecule has 0 aliphatic rings. The van der Waals surface area contributed by atoms with E-state index >= 15 is 0 Å². The van der Waals surface area contributed by atoms with Crippen LogP contribution in [0.4, 0.5) is 5.69 Å². The molecule has 0 fully saturated rings. The van der Waals surface area contributed by atoms with E-state index in [1.165, 1.54) is 5.56 Å². The Kier molecular flexibility index (Phi) is 6.15. The third-order valence-corrected chi connectivity index (χ3v) is 3.66. The van der Waals surface area contributed by atoms with Crippen molar-refractivity contribution in [3.8, 4) is 0 Å². The summed E-state index contributed by atoms with van der Waals surface area (Å²) in [7, 11) is 0. The molecule has 22 heavy (non-hydrogen) atoms. The lowest BCUT2D eigenvalue weighted by Crippen LogP contribution is -2.45. The molecule has 2 aromatic rings. The fourth-order valence-corrected chi connectivity index (χ4v) is 2.15. The highest BCUT2D eigenvalue weighted by Gasteiger charge is 2.30. The molecule has 0 aliphatic heterocycles. The van der Waals surface area contributed by atoms with Crippen LogP contribution >= 0.6 is 12.4 Å². The number of halogens is 1. The van der Waals surface area contributed by atoms with Crippen LogP contribution < -0.4 is 11.1 Å². The number of hydrogen-bond donors (Lipinski definition) is 2. The van der Waals surface area contributed by atoms with Crippen molar-refractivity contribution in [2.24, 2.45) is 5.73 Å². The first-order valence-electron chi connectivity index (χ1n) is 7.17. The molecule has 2 rings (SSSR count). The van der Waals surface area contributed by atoms with E-state index in [2.05, 4.69) is 25.2 Å². The topological polar surface area (TPSA) is 55.1 Å². The van der Waals surface area contributed by atoms with Gasteiger partial charge in [-0.3, -0.25) is 4.79 Å². The second-order valence-electron chi connectivity index (χ2n) is 5.80. The first-order chi connectivity index (χ1) is 9.91. The van der Waals surface area contributed by atoms with E-state index in [1.54, 1.807) is 6.92 Å². The van der Waals surface area contributed by atoms with E-state index in [4.69, 9.17) is 5.73 Å². The van der Waals surface area contributed by atoms with Crippen LogP contribution in [0.2, 0.25) is 0 Å². The van der Waals surface area contributed by atoms with E-state index in [9.17, 15) is 4.79 Å². The molecular formula is C18H23ClN2O. The van der Waals surface area contributed by atoms with Gasteiger partial charge in [0, 0.05) is 5.69 Å². The second-order valence-corrected chi connectivity index (χ2v) is 5.80. The molecule has 1 atom stereocenters. The number of benzene rings is 2. The zero-order valence-electron chi connectivity index (χ0n) is 13.2. The van der Waals surface area contributed by atoms with Gasteiger partial charge in [0.15, 0.2) is 0 Å². The smallest absolute Gasteiger partial charge is 0.248 e. The van der Waals surface area contributed by atoms with Crippen LogP contribution in [0.15, 0.2) is 54.6 Å². The number of nitrogens with two attached hydrogens (primary N) is 1. The van der Waals surface area contributed by atoms with Crippen LogP contribution in [-0.2, 0) is 10.3 Å². The minimum absolute atomic E-state index is 0. The van der Waals surface area contributed by atoms with Gasteiger partial charge in [-0.2, -0.15) is 0 Å². The van der Waals surface area contributed by atoms with Crippen LogP contribution in [0.1, 0.15) is 37.8 Å². The molecule has 0 spiro atoms. The predicted octanol–water partition coefficient (Wildman–Crippen LogP) is 4.04. The number of amides is 1. The first-order valence-corrected chi connectivity index (χ1v) is 7.17. The molecule has 0 aliphatic carbocycles. The van der Waals surface area contributed by atoms with Crippen molar-refractivity contribution in [1.29, 1.82) is 0 Å². The number of anilines is 1. The quantitative estimate of drug-likeness (QED) is 0.893. The molecule has 0 heterocycles. The van der Waals surface area contributed by atoms with Gasteiger partial charge in [-0.25, -0.2) is 0 Å². The Labute approximate surface area is 138 Å². The van der Waals surface area contributed by atoms with E-state index in [0.717, 1.165) is 11.3 Å². The largest absolute Gasteiger partial charge is 0.324 e. The molecule has 3 nitrogen and oxygen atoms in total.